The number of carbonyl (C=O) groups is 1. The van der Waals surface area contributed by atoms with Crippen molar-refractivity contribution in [3.8, 4) is 0 Å². The first-order chi connectivity index (χ1) is 8.83. The highest BCUT2D eigenvalue weighted by atomic mass is 16.7. The molecule has 0 bridgehead atoms. The number of hydrogen-bond donors (Lipinski definition) is 0. The van der Waals surface area contributed by atoms with Crippen LogP contribution in [0.4, 0.5) is 0 Å². The summed E-state index contributed by atoms with van der Waals surface area (Å²) in [6, 6.07) is 5.29. The summed E-state index contributed by atoms with van der Waals surface area (Å²) in [5, 5.41) is 5.42. The van der Waals surface area contributed by atoms with Crippen molar-refractivity contribution in [2.75, 3.05) is 13.2 Å². The summed E-state index contributed by atoms with van der Waals surface area (Å²) in [6.45, 7) is 1.72. The Morgan fingerprint density at radius 3 is 3.11 bits per heavy atom. The van der Waals surface area contributed by atoms with Crippen LogP contribution in [0.5, 0.6) is 0 Å². The molecule has 6 heteroatoms. The Bertz CT molecular complexity index is 527. The summed E-state index contributed by atoms with van der Waals surface area (Å²) in [5.41, 5.74) is 0. The molecular weight excluding hydrogens is 234 g/mol. The first kappa shape index (κ1) is 11.0. The van der Waals surface area contributed by atoms with E-state index in [1.807, 2.05) is 12.3 Å². The monoisotopic (exact) mass is 247 g/mol. The molecule has 0 unspecified atom stereocenters. The van der Waals surface area contributed by atoms with Gasteiger partial charge in [0, 0.05) is 12.4 Å². The number of hydrogen-bond acceptors (Lipinski definition) is 4. The molecule has 0 saturated carbocycles. The van der Waals surface area contributed by atoms with Gasteiger partial charge in [-0.05, 0) is 24.6 Å². The van der Waals surface area contributed by atoms with Gasteiger partial charge >= 0.3 is 5.91 Å². The molecule has 0 aliphatic carbocycles. The number of hydroxylamine groups is 2. The van der Waals surface area contributed by atoms with Crippen LogP contribution in [0.15, 0.2) is 35.0 Å². The molecule has 0 spiro atoms. The van der Waals surface area contributed by atoms with Crippen LogP contribution in [-0.2, 0) is 11.4 Å². The van der Waals surface area contributed by atoms with Crippen molar-refractivity contribution in [3.05, 3.63) is 42.1 Å². The van der Waals surface area contributed by atoms with E-state index in [0.29, 0.717) is 31.2 Å². The molecule has 1 amide bonds. The third-order valence-corrected chi connectivity index (χ3v) is 2.73. The summed E-state index contributed by atoms with van der Waals surface area (Å²) in [6.07, 6.45) is 4.41. The lowest BCUT2D eigenvalue weighted by Gasteiger charge is -2.11. The van der Waals surface area contributed by atoms with Crippen LogP contribution >= 0.6 is 0 Å². The molecule has 1 saturated heterocycles. The van der Waals surface area contributed by atoms with Crippen molar-refractivity contribution < 1.29 is 14.0 Å². The zero-order chi connectivity index (χ0) is 12.4. The van der Waals surface area contributed by atoms with Gasteiger partial charge in [-0.2, -0.15) is 5.10 Å². The molecule has 94 valence electrons. The summed E-state index contributed by atoms with van der Waals surface area (Å²) in [7, 11) is 0. The minimum Gasteiger partial charge on any atom is -0.454 e. The summed E-state index contributed by atoms with van der Waals surface area (Å²) in [4.78, 5) is 17.1. The summed E-state index contributed by atoms with van der Waals surface area (Å²) in [5.74, 6) is 0.777. The van der Waals surface area contributed by atoms with Crippen molar-refractivity contribution >= 4 is 5.91 Å². The van der Waals surface area contributed by atoms with Gasteiger partial charge < -0.3 is 4.42 Å². The fourth-order valence-corrected chi connectivity index (χ4v) is 1.86. The maximum atomic E-state index is 11.9. The predicted octanol–water partition coefficient (Wildman–Crippen LogP) is 1.30. The highest BCUT2D eigenvalue weighted by Crippen LogP contribution is 2.14. The fraction of sp³-hybridized carbons (Fsp3) is 0.333. The van der Waals surface area contributed by atoms with E-state index in [1.165, 1.54) is 5.06 Å². The lowest BCUT2D eigenvalue weighted by molar-refractivity contribution is -0.0785. The predicted molar refractivity (Wildman–Crippen MR) is 61.6 cm³/mol. The third-order valence-electron chi connectivity index (χ3n) is 2.73. The molecular formula is C12H13N3O3. The second kappa shape index (κ2) is 4.66. The molecule has 6 nitrogen and oxygen atoms in total. The lowest BCUT2D eigenvalue weighted by atomic mass is 10.4. The molecule has 0 atom stereocenters. The van der Waals surface area contributed by atoms with E-state index < -0.39 is 0 Å². The van der Waals surface area contributed by atoms with E-state index in [-0.39, 0.29) is 5.91 Å². The van der Waals surface area contributed by atoms with Gasteiger partial charge in [-0.3, -0.25) is 14.3 Å². The molecule has 2 aromatic heterocycles. The zero-order valence-corrected chi connectivity index (χ0v) is 9.78. The summed E-state index contributed by atoms with van der Waals surface area (Å²) >= 11 is 0. The van der Waals surface area contributed by atoms with Gasteiger partial charge in [-0.25, -0.2) is 5.06 Å². The molecule has 0 radical (unpaired) electrons. The number of furan rings is 1. The van der Waals surface area contributed by atoms with Gasteiger partial charge in [0.15, 0.2) is 5.76 Å². The second-order valence-electron chi connectivity index (χ2n) is 4.06. The van der Waals surface area contributed by atoms with Crippen LogP contribution in [0.3, 0.4) is 0 Å². The fourth-order valence-electron chi connectivity index (χ4n) is 1.86. The van der Waals surface area contributed by atoms with E-state index in [2.05, 4.69) is 5.10 Å². The number of nitrogens with zero attached hydrogens (tertiary/aromatic N) is 3. The smallest absolute Gasteiger partial charge is 0.313 e. The van der Waals surface area contributed by atoms with E-state index >= 15 is 0 Å². The van der Waals surface area contributed by atoms with E-state index in [4.69, 9.17) is 9.25 Å². The Labute approximate surface area is 104 Å². The second-order valence-corrected chi connectivity index (χ2v) is 4.06. The SMILES string of the molecule is O=C(c1ccc(Cn2cccn2)o1)N1CCCO1. The molecule has 3 rings (SSSR count). The molecule has 0 aromatic carbocycles. The van der Waals surface area contributed by atoms with Crippen LogP contribution in [-0.4, -0.2) is 33.9 Å². The van der Waals surface area contributed by atoms with Crippen molar-refractivity contribution in [1.29, 1.82) is 0 Å². The number of aromatic nitrogens is 2. The topological polar surface area (TPSA) is 60.5 Å². The van der Waals surface area contributed by atoms with Crippen LogP contribution < -0.4 is 0 Å². The van der Waals surface area contributed by atoms with Gasteiger partial charge in [-0.15, -0.1) is 0 Å². The minimum atomic E-state index is -0.223. The van der Waals surface area contributed by atoms with Gasteiger partial charge in [0.1, 0.15) is 5.76 Å². The van der Waals surface area contributed by atoms with Crippen LogP contribution in [0.2, 0.25) is 0 Å². The van der Waals surface area contributed by atoms with Crippen LogP contribution in [0, 0.1) is 0 Å². The molecule has 18 heavy (non-hydrogen) atoms. The largest absolute Gasteiger partial charge is 0.454 e. The summed E-state index contributed by atoms with van der Waals surface area (Å²) < 4.78 is 7.23. The molecule has 3 heterocycles. The van der Waals surface area contributed by atoms with E-state index in [0.717, 1.165) is 6.42 Å². The number of carbonyl (C=O) groups excluding carboxylic acids is 1. The van der Waals surface area contributed by atoms with Gasteiger partial charge in [0.2, 0.25) is 0 Å². The van der Waals surface area contributed by atoms with Gasteiger partial charge in [-0.1, -0.05) is 0 Å². The van der Waals surface area contributed by atoms with Gasteiger partial charge in [0.05, 0.1) is 19.7 Å². The highest BCUT2D eigenvalue weighted by Gasteiger charge is 2.23. The Hall–Kier alpha value is -2.08. The first-order valence-electron chi connectivity index (χ1n) is 5.84. The third kappa shape index (κ3) is 2.14. The maximum absolute atomic E-state index is 11.9. The van der Waals surface area contributed by atoms with Crippen molar-refractivity contribution in [2.24, 2.45) is 0 Å². The quantitative estimate of drug-likeness (QED) is 0.820. The zero-order valence-electron chi connectivity index (χ0n) is 9.78. The van der Waals surface area contributed by atoms with Crippen LogP contribution in [0.1, 0.15) is 22.7 Å². The van der Waals surface area contributed by atoms with Crippen molar-refractivity contribution in [1.82, 2.24) is 14.8 Å². The van der Waals surface area contributed by atoms with Crippen molar-refractivity contribution in [3.63, 3.8) is 0 Å². The Morgan fingerprint density at radius 2 is 2.39 bits per heavy atom. The van der Waals surface area contributed by atoms with E-state index in [9.17, 15) is 4.79 Å². The molecule has 1 aliphatic heterocycles. The molecule has 0 N–H and O–H groups in total. The maximum Gasteiger partial charge on any atom is 0.313 e. The Kier molecular flexibility index (Phi) is 2.85. The average molecular weight is 247 g/mol. The highest BCUT2D eigenvalue weighted by molar-refractivity contribution is 5.90. The van der Waals surface area contributed by atoms with Crippen molar-refractivity contribution in [2.45, 2.75) is 13.0 Å². The average Bonchev–Trinajstić information content (AvgIpc) is 3.11. The lowest BCUT2D eigenvalue weighted by Crippen LogP contribution is -2.25. The standard InChI is InChI=1S/C12H13N3O3/c16-12(15-7-2-8-17-15)11-4-3-10(18-11)9-14-6-1-5-13-14/h1,3-6H,2,7-9H2. The molecule has 1 aliphatic rings. The Balaban J connectivity index is 1.70. The van der Waals surface area contributed by atoms with Crippen LogP contribution in [0.25, 0.3) is 0 Å². The number of rotatable bonds is 3. The molecule has 2 aromatic rings. The molecule has 1 fully saturated rings. The number of amides is 1. The van der Waals surface area contributed by atoms with E-state index in [1.54, 1.807) is 23.0 Å². The minimum absolute atomic E-state index is 0.223. The Morgan fingerprint density at radius 1 is 1.44 bits per heavy atom. The first-order valence-corrected chi connectivity index (χ1v) is 5.84. The normalized spacial score (nSPS) is 15.2. The van der Waals surface area contributed by atoms with Gasteiger partial charge in [0.25, 0.3) is 0 Å².